The van der Waals surface area contributed by atoms with Gasteiger partial charge in [0, 0.05) is 5.39 Å². The van der Waals surface area contributed by atoms with Gasteiger partial charge >= 0.3 is 0 Å². The highest BCUT2D eigenvalue weighted by Gasteiger charge is 2.08. The van der Waals surface area contributed by atoms with Crippen molar-refractivity contribution < 1.29 is 0 Å². The second-order valence-corrected chi connectivity index (χ2v) is 4.99. The van der Waals surface area contributed by atoms with Crippen LogP contribution in [0.25, 0.3) is 10.9 Å². The molecule has 0 aliphatic rings. The minimum Gasteiger partial charge on any atom is -0.382 e. The zero-order valence-electron chi connectivity index (χ0n) is 11.2. The average molecular weight is 251 g/mol. The Bertz CT molecular complexity index is 741. The molecular formula is C16H17N3. The van der Waals surface area contributed by atoms with Gasteiger partial charge in [0.2, 0.25) is 0 Å². The fourth-order valence-electron chi connectivity index (χ4n) is 2.41. The van der Waals surface area contributed by atoms with E-state index in [1.165, 1.54) is 16.7 Å². The molecule has 96 valence electrons. The molecular weight excluding hydrogens is 234 g/mol. The van der Waals surface area contributed by atoms with Crippen molar-refractivity contribution in [1.29, 1.82) is 0 Å². The number of para-hydroxylation sites is 1. The van der Waals surface area contributed by atoms with E-state index in [0.29, 0.717) is 5.82 Å². The van der Waals surface area contributed by atoms with Gasteiger partial charge in [0.25, 0.3) is 0 Å². The van der Waals surface area contributed by atoms with Crippen molar-refractivity contribution >= 4 is 16.7 Å². The molecule has 3 aromatic rings. The molecule has 0 saturated carbocycles. The molecule has 2 aromatic carbocycles. The highest BCUT2D eigenvalue weighted by Crippen LogP contribution is 2.22. The molecule has 0 saturated heterocycles. The molecule has 0 aliphatic carbocycles. The van der Waals surface area contributed by atoms with Crippen molar-refractivity contribution in [2.45, 2.75) is 20.4 Å². The number of fused-ring (bicyclic) bond motifs is 1. The highest BCUT2D eigenvalue weighted by molar-refractivity contribution is 5.89. The summed E-state index contributed by atoms with van der Waals surface area (Å²) in [6, 6.07) is 14.6. The van der Waals surface area contributed by atoms with Crippen LogP contribution in [0.5, 0.6) is 0 Å². The predicted molar refractivity (Wildman–Crippen MR) is 79.2 cm³/mol. The molecule has 0 amide bonds. The summed E-state index contributed by atoms with van der Waals surface area (Å²) in [5.74, 6) is 0.598. The lowest BCUT2D eigenvalue weighted by atomic mass is 10.1. The van der Waals surface area contributed by atoms with Crippen molar-refractivity contribution in [3.05, 3.63) is 59.2 Å². The van der Waals surface area contributed by atoms with Crippen LogP contribution in [0.3, 0.4) is 0 Å². The molecule has 0 bridgehead atoms. The summed E-state index contributed by atoms with van der Waals surface area (Å²) in [5.41, 5.74) is 10.9. The van der Waals surface area contributed by atoms with Gasteiger partial charge in [0.1, 0.15) is 0 Å². The highest BCUT2D eigenvalue weighted by atomic mass is 15.3. The normalized spacial score (nSPS) is 11.1. The van der Waals surface area contributed by atoms with Crippen LogP contribution in [-0.4, -0.2) is 9.78 Å². The Hall–Kier alpha value is -2.29. The summed E-state index contributed by atoms with van der Waals surface area (Å²) in [4.78, 5) is 0. The van der Waals surface area contributed by atoms with Crippen molar-refractivity contribution in [3.8, 4) is 0 Å². The first-order valence-electron chi connectivity index (χ1n) is 6.42. The van der Waals surface area contributed by atoms with E-state index in [0.717, 1.165) is 17.4 Å². The summed E-state index contributed by atoms with van der Waals surface area (Å²) >= 11 is 0. The van der Waals surface area contributed by atoms with Gasteiger partial charge in [0.15, 0.2) is 5.82 Å². The van der Waals surface area contributed by atoms with Crippen LogP contribution in [0.15, 0.2) is 42.5 Å². The molecule has 0 fully saturated rings. The minimum atomic E-state index is 0.598. The van der Waals surface area contributed by atoms with Crippen LogP contribution in [0.2, 0.25) is 0 Å². The smallest absolute Gasteiger partial charge is 0.153 e. The quantitative estimate of drug-likeness (QED) is 0.759. The zero-order chi connectivity index (χ0) is 13.4. The van der Waals surface area contributed by atoms with E-state index < -0.39 is 0 Å². The SMILES string of the molecule is Cc1ccc(C)c(Cn2nc(N)c3ccccc32)c1. The third-order valence-electron chi connectivity index (χ3n) is 3.51. The molecule has 3 heteroatoms. The number of aryl methyl sites for hydroxylation is 2. The first-order chi connectivity index (χ1) is 9.15. The lowest BCUT2D eigenvalue weighted by Gasteiger charge is -2.08. The number of benzene rings is 2. The summed E-state index contributed by atoms with van der Waals surface area (Å²) < 4.78 is 1.98. The van der Waals surface area contributed by atoms with Crippen LogP contribution in [0.1, 0.15) is 16.7 Å². The summed E-state index contributed by atoms with van der Waals surface area (Å²) in [6.45, 7) is 4.99. The maximum absolute atomic E-state index is 5.97. The molecule has 0 atom stereocenters. The number of rotatable bonds is 2. The Morgan fingerprint density at radius 1 is 1.11 bits per heavy atom. The Kier molecular flexibility index (Phi) is 2.75. The van der Waals surface area contributed by atoms with Crippen LogP contribution in [-0.2, 0) is 6.54 Å². The molecule has 19 heavy (non-hydrogen) atoms. The largest absolute Gasteiger partial charge is 0.382 e. The molecule has 0 spiro atoms. The van der Waals surface area contributed by atoms with Gasteiger partial charge in [-0.2, -0.15) is 5.10 Å². The number of nitrogens with zero attached hydrogens (tertiary/aromatic N) is 2. The first kappa shape index (κ1) is 11.8. The Morgan fingerprint density at radius 3 is 2.74 bits per heavy atom. The summed E-state index contributed by atoms with van der Waals surface area (Å²) in [5, 5.41) is 5.47. The third kappa shape index (κ3) is 2.08. The van der Waals surface area contributed by atoms with Gasteiger partial charge in [-0.25, -0.2) is 0 Å². The number of hydrogen-bond acceptors (Lipinski definition) is 2. The molecule has 3 nitrogen and oxygen atoms in total. The lowest BCUT2D eigenvalue weighted by molar-refractivity contribution is 0.712. The molecule has 0 radical (unpaired) electrons. The lowest BCUT2D eigenvalue weighted by Crippen LogP contribution is -2.04. The van der Waals surface area contributed by atoms with Crippen molar-refractivity contribution in [2.24, 2.45) is 0 Å². The van der Waals surface area contributed by atoms with E-state index in [4.69, 9.17) is 5.73 Å². The molecule has 1 heterocycles. The van der Waals surface area contributed by atoms with Gasteiger partial charge in [-0.05, 0) is 37.1 Å². The zero-order valence-corrected chi connectivity index (χ0v) is 11.2. The molecule has 1 aromatic heterocycles. The molecule has 2 N–H and O–H groups in total. The van der Waals surface area contributed by atoms with Crippen LogP contribution in [0.4, 0.5) is 5.82 Å². The number of anilines is 1. The average Bonchev–Trinajstić information content (AvgIpc) is 2.72. The number of nitrogen functional groups attached to an aromatic ring is 1. The number of aromatic nitrogens is 2. The Labute approximate surface area is 112 Å². The Morgan fingerprint density at radius 2 is 1.89 bits per heavy atom. The predicted octanol–water partition coefficient (Wildman–Crippen LogP) is 3.28. The number of hydrogen-bond donors (Lipinski definition) is 1. The van der Waals surface area contributed by atoms with Gasteiger partial charge < -0.3 is 5.73 Å². The molecule has 0 aliphatic heterocycles. The van der Waals surface area contributed by atoms with Gasteiger partial charge in [-0.3, -0.25) is 4.68 Å². The van der Waals surface area contributed by atoms with E-state index in [9.17, 15) is 0 Å². The molecule has 3 rings (SSSR count). The first-order valence-corrected chi connectivity index (χ1v) is 6.42. The van der Waals surface area contributed by atoms with Gasteiger partial charge in [0.05, 0.1) is 12.1 Å². The monoisotopic (exact) mass is 251 g/mol. The number of nitrogens with two attached hydrogens (primary N) is 1. The van der Waals surface area contributed by atoms with E-state index in [-0.39, 0.29) is 0 Å². The van der Waals surface area contributed by atoms with E-state index in [1.54, 1.807) is 0 Å². The van der Waals surface area contributed by atoms with Crippen molar-refractivity contribution in [2.75, 3.05) is 5.73 Å². The second-order valence-electron chi connectivity index (χ2n) is 4.99. The minimum absolute atomic E-state index is 0.598. The fourth-order valence-corrected chi connectivity index (χ4v) is 2.41. The maximum Gasteiger partial charge on any atom is 0.153 e. The van der Waals surface area contributed by atoms with Crippen LogP contribution >= 0.6 is 0 Å². The van der Waals surface area contributed by atoms with Gasteiger partial charge in [-0.1, -0.05) is 35.9 Å². The van der Waals surface area contributed by atoms with E-state index in [2.05, 4.69) is 43.2 Å². The topological polar surface area (TPSA) is 43.8 Å². The fraction of sp³-hybridized carbons (Fsp3) is 0.188. The van der Waals surface area contributed by atoms with E-state index in [1.807, 2.05) is 22.9 Å². The Balaban J connectivity index is 2.08. The van der Waals surface area contributed by atoms with Crippen molar-refractivity contribution in [3.63, 3.8) is 0 Å². The standard InChI is InChI=1S/C16H17N3/c1-11-7-8-12(2)13(9-11)10-19-15-6-4-3-5-14(15)16(17)18-19/h3-9H,10H2,1-2H3,(H2,17,18). The van der Waals surface area contributed by atoms with Crippen LogP contribution < -0.4 is 5.73 Å². The van der Waals surface area contributed by atoms with Gasteiger partial charge in [-0.15, -0.1) is 0 Å². The van der Waals surface area contributed by atoms with Crippen LogP contribution in [0, 0.1) is 13.8 Å². The molecule has 0 unspecified atom stereocenters. The third-order valence-corrected chi connectivity index (χ3v) is 3.51. The summed E-state index contributed by atoms with van der Waals surface area (Å²) in [6.07, 6.45) is 0. The maximum atomic E-state index is 5.97. The second kappa shape index (κ2) is 4.43. The van der Waals surface area contributed by atoms with E-state index >= 15 is 0 Å². The summed E-state index contributed by atoms with van der Waals surface area (Å²) in [7, 11) is 0. The van der Waals surface area contributed by atoms with Crippen molar-refractivity contribution in [1.82, 2.24) is 9.78 Å².